The average Bonchev–Trinajstić information content (AvgIpc) is 2.67. The van der Waals surface area contributed by atoms with Gasteiger partial charge in [-0.15, -0.1) is 0 Å². The van der Waals surface area contributed by atoms with Gasteiger partial charge in [0.1, 0.15) is 0 Å². The van der Waals surface area contributed by atoms with Crippen LogP contribution in [0.15, 0.2) is 36.4 Å². The molecular weight excluding hydrogens is 332 g/mol. The molecular formula is C20H24N2O4. The molecule has 0 aliphatic rings. The van der Waals surface area contributed by atoms with E-state index in [0.29, 0.717) is 17.2 Å². The highest BCUT2D eigenvalue weighted by Crippen LogP contribution is 2.27. The minimum atomic E-state index is -0.690. The van der Waals surface area contributed by atoms with Gasteiger partial charge in [-0.2, -0.15) is 0 Å². The van der Waals surface area contributed by atoms with Crippen LogP contribution in [0.2, 0.25) is 0 Å². The summed E-state index contributed by atoms with van der Waals surface area (Å²) in [5, 5.41) is 5.33. The van der Waals surface area contributed by atoms with Gasteiger partial charge in [-0.3, -0.25) is 9.59 Å². The first-order valence-corrected chi connectivity index (χ1v) is 8.38. The zero-order valence-corrected chi connectivity index (χ0v) is 15.5. The number of carbonyl (C=O) groups excluding carboxylic acids is 2. The summed E-state index contributed by atoms with van der Waals surface area (Å²) in [5.74, 6) is -0.206. The number of ether oxygens (including phenoxy) is 2. The molecule has 6 heteroatoms. The summed E-state index contributed by atoms with van der Waals surface area (Å²) >= 11 is 0. The first-order valence-electron chi connectivity index (χ1n) is 8.38. The largest absolute Gasteiger partial charge is 0.493 e. The molecule has 0 radical (unpaired) electrons. The number of carbonyl (C=O) groups is 2. The minimum Gasteiger partial charge on any atom is -0.493 e. The number of benzene rings is 2. The van der Waals surface area contributed by atoms with Gasteiger partial charge in [0.15, 0.2) is 11.5 Å². The van der Waals surface area contributed by atoms with Crippen LogP contribution in [-0.4, -0.2) is 26.0 Å². The molecule has 0 atom stereocenters. The van der Waals surface area contributed by atoms with Crippen molar-refractivity contribution in [3.05, 3.63) is 53.1 Å². The van der Waals surface area contributed by atoms with E-state index < -0.39 is 11.8 Å². The number of rotatable bonds is 6. The Labute approximate surface area is 153 Å². The Morgan fingerprint density at radius 3 is 2.38 bits per heavy atom. The zero-order chi connectivity index (χ0) is 19.1. The lowest BCUT2D eigenvalue weighted by atomic mass is 10.1. The van der Waals surface area contributed by atoms with Crippen molar-refractivity contribution in [1.29, 1.82) is 0 Å². The SMILES string of the molecule is CCc1cccc(C)c1NC(=O)C(=O)NCc1ccc(OC)c(OC)c1. The van der Waals surface area contributed by atoms with Crippen LogP contribution < -0.4 is 20.1 Å². The van der Waals surface area contributed by atoms with Crippen molar-refractivity contribution in [2.75, 3.05) is 19.5 Å². The van der Waals surface area contributed by atoms with Gasteiger partial charge in [-0.1, -0.05) is 31.2 Å². The van der Waals surface area contributed by atoms with E-state index in [1.165, 1.54) is 0 Å². The Morgan fingerprint density at radius 1 is 1.00 bits per heavy atom. The van der Waals surface area contributed by atoms with E-state index in [0.717, 1.165) is 23.1 Å². The summed E-state index contributed by atoms with van der Waals surface area (Å²) in [6.45, 7) is 4.11. The number of hydrogen-bond acceptors (Lipinski definition) is 4. The number of aryl methyl sites for hydroxylation is 2. The Kier molecular flexibility index (Phi) is 6.60. The van der Waals surface area contributed by atoms with Crippen LogP contribution in [-0.2, 0) is 22.6 Å². The van der Waals surface area contributed by atoms with Crippen LogP contribution in [0, 0.1) is 6.92 Å². The molecule has 2 amide bonds. The highest BCUT2D eigenvalue weighted by Gasteiger charge is 2.16. The van der Waals surface area contributed by atoms with Crippen molar-refractivity contribution < 1.29 is 19.1 Å². The lowest BCUT2D eigenvalue weighted by molar-refractivity contribution is -0.136. The van der Waals surface area contributed by atoms with Crippen LogP contribution in [0.4, 0.5) is 5.69 Å². The van der Waals surface area contributed by atoms with Crippen molar-refractivity contribution in [1.82, 2.24) is 5.32 Å². The standard InChI is InChI=1S/C20H24N2O4/c1-5-15-8-6-7-13(2)18(15)22-20(24)19(23)21-12-14-9-10-16(25-3)17(11-14)26-4/h6-11H,5,12H2,1-4H3,(H,21,23)(H,22,24). The molecule has 26 heavy (non-hydrogen) atoms. The molecule has 0 aliphatic carbocycles. The van der Waals surface area contributed by atoms with Crippen molar-refractivity contribution >= 4 is 17.5 Å². The van der Waals surface area contributed by atoms with Crippen molar-refractivity contribution in [3.8, 4) is 11.5 Å². The number of nitrogens with one attached hydrogen (secondary N) is 2. The molecule has 2 N–H and O–H groups in total. The number of para-hydroxylation sites is 1. The predicted octanol–water partition coefficient (Wildman–Crippen LogP) is 2.83. The summed E-state index contributed by atoms with van der Waals surface area (Å²) in [5.41, 5.74) is 3.41. The second-order valence-electron chi connectivity index (χ2n) is 5.79. The first-order chi connectivity index (χ1) is 12.5. The molecule has 0 aromatic heterocycles. The van der Waals surface area contributed by atoms with Gasteiger partial charge in [0.25, 0.3) is 0 Å². The Balaban J connectivity index is 2.01. The fourth-order valence-corrected chi connectivity index (χ4v) is 2.63. The third-order valence-electron chi connectivity index (χ3n) is 4.09. The molecule has 2 rings (SSSR count). The third kappa shape index (κ3) is 4.53. The quantitative estimate of drug-likeness (QED) is 0.781. The summed E-state index contributed by atoms with van der Waals surface area (Å²) in [6.07, 6.45) is 0.768. The third-order valence-corrected chi connectivity index (χ3v) is 4.09. The Hall–Kier alpha value is -3.02. The van der Waals surface area contributed by atoms with E-state index in [2.05, 4.69) is 10.6 Å². The van der Waals surface area contributed by atoms with E-state index in [4.69, 9.17) is 9.47 Å². The Bertz CT molecular complexity index is 802. The molecule has 0 aliphatic heterocycles. The van der Waals surface area contributed by atoms with E-state index in [1.807, 2.05) is 32.0 Å². The van der Waals surface area contributed by atoms with Gasteiger partial charge in [0, 0.05) is 12.2 Å². The number of methoxy groups -OCH3 is 2. The number of hydrogen-bond donors (Lipinski definition) is 2. The van der Waals surface area contributed by atoms with E-state index >= 15 is 0 Å². The number of anilines is 1. The summed E-state index contributed by atoms with van der Waals surface area (Å²) in [7, 11) is 3.10. The molecule has 0 heterocycles. The molecule has 0 unspecified atom stereocenters. The van der Waals surface area contributed by atoms with Crippen LogP contribution in [0.25, 0.3) is 0 Å². The van der Waals surface area contributed by atoms with Crippen molar-refractivity contribution in [3.63, 3.8) is 0 Å². The molecule has 0 bridgehead atoms. The molecule has 0 spiro atoms. The molecule has 0 saturated heterocycles. The average molecular weight is 356 g/mol. The predicted molar refractivity (Wildman–Crippen MR) is 101 cm³/mol. The maximum absolute atomic E-state index is 12.2. The lowest BCUT2D eigenvalue weighted by Gasteiger charge is -2.13. The molecule has 6 nitrogen and oxygen atoms in total. The monoisotopic (exact) mass is 356 g/mol. The van der Waals surface area contributed by atoms with Gasteiger partial charge in [-0.05, 0) is 42.2 Å². The highest BCUT2D eigenvalue weighted by molar-refractivity contribution is 6.39. The first kappa shape index (κ1) is 19.3. The fraction of sp³-hybridized carbons (Fsp3) is 0.300. The Morgan fingerprint density at radius 2 is 1.73 bits per heavy atom. The molecule has 2 aromatic carbocycles. The van der Waals surface area contributed by atoms with Crippen LogP contribution in [0.5, 0.6) is 11.5 Å². The topological polar surface area (TPSA) is 76.7 Å². The summed E-state index contributed by atoms with van der Waals surface area (Å²) in [6, 6.07) is 11.1. The van der Waals surface area contributed by atoms with Crippen molar-refractivity contribution in [2.45, 2.75) is 26.8 Å². The van der Waals surface area contributed by atoms with Gasteiger partial charge in [0.2, 0.25) is 0 Å². The van der Waals surface area contributed by atoms with Gasteiger partial charge >= 0.3 is 11.8 Å². The van der Waals surface area contributed by atoms with Crippen LogP contribution >= 0.6 is 0 Å². The smallest absolute Gasteiger partial charge is 0.313 e. The highest BCUT2D eigenvalue weighted by atomic mass is 16.5. The summed E-state index contributed by atoms with van der Waals surface area (Å²) < 4.78 is 10.4. The second kappa shape index (κ2) is 8.89. The van der Waals surface area contributed by atoms with Crippen LogP contribution in [0.3, 0.4) is 0 Å². The summed E-state index contributed by atoms with van der Waals surface area (Å²) in [4.78, 5) is 24.3. The van der Waals surface area contributed by atoms with E-state index in [1.54, 1.807) is 32.4 Å². The van der Waals surface area contributed by atoms with Gasteiger partial charge in [0.05, 0.1) is 14.2 Å². The van der Waals surface area contributed by atoms with Crippen molar-refractivity contribution in [2.24, 2.45) is 0 Å². The normalized spacial score (nSPS) is 10.2. The van der Waals surface area contributed by atoms with E-state index in [9.17, 15) is 9.59 Å². The maximum Gasteiger partial charge on any atom is 0.313 e. The molecule has 138 valence electrons. The van der Waals surface area contributed by atoms with Gasteiger partial charge < -0.3 is 20.1 Å². The van der Waals surface area contributed by atoms with Crippen LogP contribution in [0.1, 0.15) is 23.6 Å². The maximum atomic E-state index is 12.2. The molecule has 0 saturated carbocycles. The molecule has 2 aromatic rings. The molecule has 0 fully saturated rings. The zero-order valence-electron chi connectivity index (χ0n) is 15.5. The lowest BCUT2D eigenvalue weighted by Crippen LogP contribution is -2.35. The second-order valence-corrected chi connectivity index (χ2v) is 5.79. The minimum absolute atomic E-state index is 0.209. The number of amides is 2. The van der Waals surface area contributed by atoms with E-state index in [-0.39, 0.29) is 6.54 Å². The fourth-order valence-electron chi connectivity index (χ4n) is 2.63. The van der Waals surface area contributed by atoms with Gasteiger partial charge in [-0.25, -0.2) is 0 Å².